The summed E-state index contributed by atoms with van der Waals surface area (Å²) in [4.78, 5) is 27.0. The lowest BCUT2D eigenvalue weighted by atomic mass is 10.1. The number of amides is 1. The molecule has 1 amide bonds. The molecule has 0 radical (unpaired) electrons. The van der Waals surface area contributed by atoms with Crippen molar-refractivity contribution >= 4 is 44.1 Å². The number of hydrogen-bond acceptors (Lipinski definition) is 4. The molecule has 0 saturated heterocycles. The summed E-state index contributed by atoms with van der Waals surface area (Å²) in [6.45, 7) is 0.446. The van der Waals surface area contributed by atoms with Gasteiger partial charge in [0.2, 0.25) is 0 Å². The normalized spacial score (nSPS) is 10.8. The van der Waals surface area contributed by atoms with Crippen LogP contribution in [0.1, 0.15) is 15.2 Å². The summed E-state index contributed by atoms with van der Waals surface area (Å²) in [7, 11) is 1.67. The minimum Gasteiger partial charge on any atom is -0.422 e. The van der Waals surface area contributed by atoms with E-state index < -0.39 is 5.63 Å². The van der Waals surface area contributed by atoms with E-state index in [1.165, 1.54) is 4.90 Å². The van der Waals surface area contributed by atoms with Gasteiger partial charge in [-0.1, -0.05) is 18.2 Å². The first-order valence-corrected chi connectivity index (χ1v) is 8.23. The largest absolute Gasteiger partial charge is 0.422 e. The van der Waals surface area contributed by atoms with E-state index in [0.29, 0.717) is 12.1 Å². The lowest BCUT2D eigenvalue weighted by Crippen LogP contribution is -2.30. The van der Waals surface area contributed by atoms with Crippen molar-refractivity contribution < 1.29 is 9.21 Å². The fraction of sp³-hybridized carbons (Fsp3) is 0.125. The van der Waals surface area contributed by atoms with Crippen molar-refractivity contribution in [2.24, 2.45) is 0 Å². The lowest BCUT2D eigenvalue weighted by Gasteiger charge is -2.15. The zero-order valence-corrected chi connectivity index (χ0v) is 14.1. The van der Waals surface area contributed by atoms with Gasteiger partial charge in [0.05, 0.1) is 6.54 Å². The zero-order valence-electron chi connectivity index (χ0n) is 11.7. The number of nitrogens with zero attached hydrogens (tertiary/aromatic N) is 1. The molecule has 0 aliphatic carbocycles. The maximum Gasteiger partial charge on any atom is 0.349 e. The second kappa shape index (κ2) is 6.06. The molecule has 0 fully saturated rings. The Morgan fingerprint density at radius 3 is 2.82 bits per heavy atom. The smallest absolute Gasteiger partial charge is 0.349 e. The third-order valence-electron chi connectivity index (χ3n) is 3.23. The number of hydrogen-bond donors (Lipinski definition) is 0. The molecule has 3 rings (SSSR count). The van der Waals surface area contributed by atoms with E-state index in [4.69, 9.17) is 4.42 Å². The average molecular weight is 378 g/mol. The molecule has 0 spiro atoms. The first-order chi connectivity index (χ1) is 10.5. The van der Waals surface area contributed by atoms with E-state index >= 15 is 0 Å². The van der Waals surface area contributed by atoms with E-state index in [9.17, 15) is 9.59 Å². The summed E-state index contributed by atoms with van der Waals surface area (Å²) < 4.78 is 6.20. The number of carbonyl (C=O) groups is 1. The zero-order chi connectivity index (χ0) is 15.7. The summed E-state index contributed by atoms with van der Waals surface area (Å²) in [5, 5.41) is 2.69. The van der Waals surface area contributed by atoms with Crippen molar-refractivity contribution in [3.05, 3.63) is 67.1 Å². The summed E-state index contributed by atoms with van der Waals surface area (Å²) in [5.74, 6) is -0.343. The van der Waals surface area contributed by atoms with Gasteiger partial charge in [-0.3, -0.25) is 4.79 Å². The molecule has 0 bridgehead atoms. The maximum absolute atomic E-state index is 12.5. The fourth-order valence-electron chi connectivity index (χ4n) is 2.16. The molecule has 2 heterocycles. The van der Waals surface area contributed by atoms with Crippen LogP contribution in [-0.4, -0.2) is 17.9 Å². The van der Waals surface area contributed by atoms with Gasteiger partial charge in [-0.2, -0.15) is 0 Å². The number of carbonyl (C=O) groups excluding carboxylic acids is 1. The highest BCUT2D eigenvalue weighted by Crippen LogP contribution is 2.21. The molecule has 0 unspecified atom stereocenters. The first-order valence-electron chi connectivity index (χ1n) is 6.56. The summed E-state index contributed by atoms with van der Waals surface area (Å²) in [6.07, 6.45) is 0. The van der Waals surface area contributed by atoms with Crippen LogP contribution in [0.25, 0.3) is 11.0 Å². The van der Waals surface area contributed by atoms with Gasteiger partial charge in [0.15, 0.2) is 0 Å². The predicted octanol–water partition coefficient (Wildman–Crippen LogP) is 3.89. The van der Waals surface area contributed by atoms with Crippen LogP contribution in [0.3, 0.4) is 0 Å². The van der Waals surface area contributed by atoms with E-state index in [-0.39, 0.29) is 11.5 Å². The number of rotatable bonds is 3. The molecule has 6 heteroatoms. The molecule has 4 nitrogen and oxygen atoms in total. The van der Waals surface area contributed by atoms with Crippen molar-refractivity contribution in [2.45, 2.75) is 6.54 Å². The Balaban J connectivity index is 1.91. The summed E-state index contributed by atoms with van der Waals surface area (Å²) in [5.41, 5.74) is -0.0753. The van der Waals surface area contributed by atoms with Gasteiger partial charge in [0.1, 0.15) is 11.1 Å². The third-order valence-corrected chi connectivity index (χ3v) is 4.92. The van der Waals surface area contributed by atoms with E-state index in [0.717, 1.165) is 14.7 Å². The quantitative estimate of drug-likeness (QED) is 0.650. The Morgan fingerprint density at radius 1 is 1.32 bits per heavy atom. The molecule has 22 heavy (non-hydrogen) atoms. The molecule has 3 aromatic rings. The van der Waals surface area contributed by atoms with Crippen LogP contribution in [0.5, 0.6) is 0 Å². The van der Waals surface area contributed by atoms with E-state index in [1.807, 2.05) is 23.6 Å². The minimum absolute atomic E-state index is 0.0526. The molecule has 0 N–H and O–H groups in total. The predicted molar refractivity (Wildman–Crippen MR) is 90.3 cm³/mol. The number of para-hydroxylation sites is 1. The van der Waals surface area contributed by atoms with Crippen molar-refractivity contribution in [1.29, 1.82) is 0 Å². The van der Waals surface area contributed by atoms with Crippen molar-refractivity contribution in [2.75, 3.05) is 7.05 Å². The van der Waals surface area contributed by atoms with Gasteiger partial charge in [-0.25, -0.2) is 4.79 Å². The van der Waals surface area contributed by atoms with Crippen LogP contribution < -0.4 is 5.63 Å². The Labute approximate surface area is 139 Å². The highest BCUT2D eigenvalue weighted by atomic mass is 79.9. The Kier molecular flexibility index (Phi) is 4.13. The molecule has 2 aromatic heterocycles. The van der Waals surface area contributed by atoms with Crippen LogP contribution >= 0.6 is 27.3 Å². The SMILES string of the molecule is CN(Cc1cc(Br)cs1)C(=O)c1cc2ccccc2oc1=O. The number of benzene rings is 1. The van der Waals surface area contributed by atoms with Crippen molar-refractivity contribution in [1.82, 2.24) is 4.90 Å². The monoisotopic (exact) mass is 377 g/mol. The maximum atomic E-state index is 12.5. The van der Waals surface area contributed by atoms with Gasteiger partial charge in [-0.15, -0.1) is 11.3 Å². The van der Waals surface area contributed by atoms with Gasteiger partial charge < -0.3 is 9.32 Å². The van der Waals surface area contributed by atoms with Crippen molar-refractivity contribution in [3.63, 3.8) is 0 Å². The molecule has 0 atom stereocenters. The van der Waals surface area contributed by atoms with Crippen LogP contribution in [-0.2, 0) is 6.54 Å². The number of halogens is 1. The molecular weight excluding hydrogens is 366 g/mol. The molecule has 0 aliphatic heterocycles. The van der Waals surface area contributed by atoms with Crippen LogP contribution in [0, 0.1) is 0 Å². The standard InChI is InChI=1S/C16H12BrNO3S/c1-18(8-12-7-11(17)9-22-12)15(19)13-6-10-4-2-3-5-14(10)21-16(13)20/h2-7,9H,8H2,1H3. The topological polar surface area (TPSA) is 50.5 Å². The van der Waals surface area contributed by atoms with Crippen LogP contribution in [0.2, 0.25) is 0 Å². The van der Waals surface area contributed by atoms with Crippen LogP contribution in [0.15, 0.2) is 55.5 Å². The second-order valence-electron chi connectivity index (χ2n) is 4.88. The Morgan fingerprint density at radius 2 is 2.09 bits per heavy atom. The van der Waals surface area contributed by atoms with Gasteiger partial charge >= 0.3 is 5.63 Å². The molecule has 0 aliphatic rings. The highest BCUT2D eigenvalue weighted by molar-refractivity contribution is 9.10. The van der Waals surface area contributed by atoms with E-state index in [1.54, 1.807) is 36.6 Å². The Hall–Kier alpha value is -1.92. The van der Waals surface area contributed by atoms with Crippen molar-refractivity contribution in [3.8, 4) is 0 Å². The average Bonchev–Trinajstić information content (AvgIpc) is 2.91. The first kappa shape index (κ1) is 15.0. The van der Waals surface area contributed by atoms with Crippen LogP contribution in [0.4, 0.5) is 0 Å². The summed E-state index contributed by atoms with van der Waals surface area (Å²) >= 11 is 4.94. The molecule has 0 saturated carbocycles. The lowest BCUT2D eigenvalue weighted by molar-refractivity contribution is 0.0782. The van der Waals surface area contributed by atoms with Gasteiger partial charge in [0, 0.05) is 27.2 Å². The second-order valence-corrected chi connectivity index (χ2v) is 6.79. The number of fused-ring (bicyclic) bond motifs is 1. The third kappa shape index (κ3) is 2.98. The number of thiophene rings is 1. The highest BCUT2D eigenvalue weighted by Gasteiger charge is 2.18. The summed E-state index contributed by atoms with van der Waals surface area (Å²) in [6, 6.07) is 10.7. The Bertz CT molecular complexity index is 900. The molecular formula is C16H12BrNO3S. The molecule has 1 aromatic carbocycles. The fourth-order valence-corrected chi connectivity index (χ4v) is 3.66. The van der Waals surface area contributed by atoms with Gasteiger partial charge in [-0.05, 0) is 34.1 Å². The minimum atomic E-state index is -0.608. The van der Waals surface area contributed by atoms with Gasteiger partial charge in [0.25, 0.3) is 5.91 Å². The molecule has 112 valence electrons. The van der Waals surface area contributed by atoms with E-state index in [2.05, 4.69) is 15.9 Å².